The van der Waals surface area contributed by atoms with Crippen LogP contribution in [-0.4, -0.2) is 147 Å². The summed E-state index contributed by atoms with van der Waals surface area (Å²) in [5.41, 5.74) is 6.25. The highest BCUT2D eigenvalue weighted by atomic mass is 16.5. The molecule has 2 fully saturated rings. The molecular formula is C47H58N8O11. The molecule has 4 N–H and O–H groups in total. The zero-order valence-corrected chi connectivity index (χ0v) is 38.5. The number of amides is 4. The molecule has 4 amide bonds. The minimum Gasteiger partial charge on any atom is -0.488 e. The van der Waals surface area contributed by atoms with E-state index in [2.05, 4.69) is 44.9 Å². The number of hydrogen-bond acceptors (Lipinski definition) is 13. The molecule has 5 heterocycles. The van der Waals surface area contributed by atoms with Gasteiger partial charge >= 0.3 is 12.2 Å². The number of methoxy groups -OCH3 is 6. The van der Waals surface area contributed by atoms with Crippen LogP contribution in [-0.2, 0) is 44.6 Å². The number of nitrogens with one attached hydrogen (secondary N) is 4. The van der Waals surface area contributed by atoms with E-state index in [1.165, 1.54) is 28.4 Å². The quantitative estimate of drug-likeness (QED) is 0.106. The highest BCUT2D eigenvalue weighted by molar-refractivity contribution is 6.07. The second-order valence-electron chi connectivity index (χ2n) is 17.2. The summed E-state index contributed by atoms with van der Waals surface area (Å²) in [6.07, 6.45) is 0.317. The normalized spacial score (nSPS) is 20.8. The Balaban J connectivity index is 1.06. The second kappa shape index (κ2) is 19.7. The number of carbonyl (C=O) groups is 4. The first-order valence-corrected chi connectivity index (χ1v) is 22.0. The number of fused-ring (bicyclic) bond motifs is 6. The third kappa shape index (κ3) is 8.99. The van der Waals surface area contributed by atoms with Crippen LogP contribution in [0.15, 0.2) is 48.7 Å². The highest BCUT2D eigenvalue weighted by Crippen LogP contribution is 2.44. The molecule has 66 heavy (non-hydrogen) atoms. The van der Waals surface area contributed by atoms with E-state index in [0.717, 1.165) is 55.5 Å². The lowest BCUT2D eigenvalue weighted by Crippen LogP contribution is -2.54. The van der Waals surface area contributed by atoms with Gasteiger partial charge in [-0.15, -0.1) is 0 Å². The standard InChI is InChI=1S/C47H58N8O11/c1-24(62-5)39(52-46(58)64-7)44(56)54-19-26(21-60-3)13-36(54)42-48-18-35(50-42)29-9-11-31-30(15-29)23-66-38-17-32-28(16-33(31)38)10-12-34-41(32)51-43(49-34)37-14-27(22-61-4)20-55(37)45(57)40(25(2)63-6)53-47(59)65-8/h9-12,15-18,24-27,36-37,39-40H,13-14,19-23H2,1-8H3,(H,48,50)(H,49,51)(H,52,58)(H,53,59)/t24-,25-,26+,27+,36+,37+,39?,40?/m1/s1. The van der Waals surface area contributed by atoms with E-state index in [9.17, 15) is 19.2 Å². The van der Waals surface area contributed by atoms with Gasteiger partial charge in [-0.25, -0.2) is 19.6 Å². The zero-order chi connectivity index (χ0) is 46.8. The van der Waals surface area contributed by atoms with Crippen LogP contribution < -0.4 is 15.4 Å². The summed E-state index contributed by atoms with van der Waals surface area (Å²) in [6, 6.07) is 11.7. The summed E-state index contributed by atoms with van der Waals surface area (Å²) in [4.78, 5) is 73.1. The molecule has 352 valence electrons. The van der Waals surface area contributed by atoms with Crippen LogP contribution in [0.5, 0.6) is 5.75 Å². The van der Waals surface area contributed by atoms with E-state index in [1.54, 1.807) is 44.1 Å². The first kappa shape index (κ1) is 46.3. The van der Waals surface area contributed by atoms with Crippen LogP contribution in [0.2, 0.25) is 0 Å². The first-order chi connectivity index (χ1) is 31.9. The Labute approximate surface area is 382 Å². The maximum absolute atomic E-state index is 14.2. The molecular weight excluding hydrogens is 853 g/mol. The van der Waals surface area contributed by atoms with Crippen LogP contribution in [0, 0.1) is 11.8 Å². The number of ether oxygens (including phenoxy) is 7. The summed E-state index contributed by atoms with van der Waals surface area (Å²) in [5, 5.41) is 7.17. The molecule has 0 bridgehead atoms. The van der Waals surface area contributed by atoms with Gasteiger partial charge in [0.05, 0.1) is 74.6 Å². The lowest BCUT2D eigenvalue weighted by atomic mass is 9.92. The Hall–Kier alpha value is -6.28. The van der Waals surface area contributed by atoms with Gasteiger partial charge in [0.25, 0.3) is 0 Å². The van der Waals surface area contributed by atoms with Crippen molar-refractivity contribution in [2.75, 3.05) is 69.0 Å². The van der Waals surface area contributed by atoms with E-state index in [1.807, 2.05) is 18.2 Å². The van der Waals surface area contributed by atoms with Gasteiger partial charge in [0.15, 0.2) is 0 Å². The lowest BCUT2D eigenvalue weighted by Gasteiger charge is -2.30. The molecule has 2 unspecified atom stereocenters. The molecule has 0 aliphatic carbocycles. The van der Waals surface area contributed by atoms with Crippen molar-refractivity contribution in [1.29, 1.82) is 0 Å². The van der Waals surface area contributed by atoms with Crippen molar-refractivity contribution in [1.82, 2.24) is 40.4 Å². The number of rotatable bonds is 15. The third-order valence-electron chi connectivity index (χ3n) is 13.2. The van der Waals surface area contributed by atoms with Crippen molar-refractivity contribution in [3.8, 4) is 28.1 Å². The summed E-state index contributed by atoms with van der Waals surface area (Å²) in [7, 11) is 8.76. The van der Waals surface area contributed by atoms with Crippen molar-refractivity contribution in [2.24, 2.45) is 11.8 Å². The van der Waals surface area contributed by atoms with E-state index < -0.39 is 48.6 Å². The number of aromatic amines is 2. The molecule has 2 aromatic heterocycles. The van der Waals surface area contributed by atoms with Crippen molar-refractivity contribution >= 4 is 45.8 Å². The zero-order valence-electron chi connectivity index (χ0n) is 38.5. The molecule has 19 nitrogen and oxygen atoms in total. The molecule has 3 aromatic carbocycles. The summed E-state index contributed by atoms with van der Waals surface area (Å²) < 4.78 is 38.0. The van der Waals surface area contributed by atoms with Gasteiger partial charge in [-0.05, 0) is 73.0 Å². The average Bonchev–Trinajstić information content (AvgIpc) is 4.17. The number of nitrogens with zero attached hydrogens (tertiary/aromatic N) is 4. The third-order valence-corrected chi connectivity index (χ3v) is 13.2. The van der Waals surface area contributed by atoms with Crippen LogP contribution in [0.1, 0.15) is 56.0 Å². The maximum atomic E-state index is 14.2. The number of carbonyl (C=O) groups excluding carboxylic acids is 4. The number of benzene rings is 3. The van der Waals surface area contributed by atoms with Crippen LogP contribution in [0.25, 0.3) is 44.2 Å². The van der Waals surface area contributed by atoms with Gasteiger partial charge in [-0.2, -0.15) is 0 Å². The molecule has 0 spiro atoms. The summed E-state index contributed by atoms with van der Waals surface area (Å²) in [6.45, 7) is 5.54. The van der Waals surface area contributed by atoms with Crippen molar-refractivity contribution in [2.45, 2.75) is 69.7 Å². The van der Waals surface area contributed by atoms with Gasteiger partial charge in [0.2, 0.25) is 11.8 Å². The minimum absolute atomic E-state index is 0.0468. The Morgan fingerprint density at radius 1 is 0.758 bits per heavy atom. The van der Waals surface area contributed by atoms with Crippen LogP contribution in [0.3, 0.4) is 0 Å². The predicted octanol–water partition coefficient (Wildman–Crippen LogP) is 5.26. The fourth-order valence-electron chi connectivity index (χ4n) is 9.61. The molecule has 3 aliphatic rings. The van der Waals surface area contributed by atoms with Crippen molar-refractivity contribution in [3.63, 3.8) is 0 Å². The van der Waals surface area contributed by atoms with E-state index >= 15 is 0 Å². The highest BCUT2D eigenvalue weighted by Gasteiger charge is 2.44. The molecule has 2 saturated heterocycles. The van der Waals surface area contributed by atoms with Gasteiger partial charge in [0, 0.05) is 64.3 Å². The molecule has 3 aliphatic heterocycles. The molecule has 8 atom stereocenters. The molecule has 8 rings (SSSR count). The fraction of sp³-hybridized carbons (Fsp3) is 0.489. The largest absolute Gasteiger partial charge is 0.488 e. The Morgan fingerprint density at radius 3 is 1.94 bits per heavy atom. The Kier molecular flexibility index (Phi) is 13.8. The van der Waals surface area contributed by atoms with Crippen LogP contribution in [0.4, 0.5) is 9.59 Å². The topological polar surface area (TPSA) is 221 Å². The van der Waals surface area contributed by atoms with E-state index in [0.29, 0.717) is 57.4 Å². The SMILES string of the molecule is COC[C@H]1C[C@@H](c2ncc(-c3ccc4c(c3)COc3cc5c(ccc6[nH]c([C@@H]7C[C@H](COC)CN7C(=O)C(NC(=O)OC)[C@@H](C)OC)nc65)cc3-4)[nH]2)N(C(=O)C(NC(=O)OC)[C@@H](C)OC)C1. The lowest BCUT2D eigenvalue weighted by molar-refractivity contribution is -0.138. The van der Waals surface area contributed by atoms with Crippen molar-refractivity contribution in [3.05, 3.63) is 65.9 Å². The van der Waals surface area contributed by atoms with Gasteiger partial charge in [-0.3, -0.25) is 9.59 Å². The fourth-order valence-corrected chi connectivity index (χ4v) is 9.61. The number of H-pyrrole nitrogens is 2. The first-order valence-electron chi connectivity index (χ1n) is 22.0. The van der Waals surface area contributed by atoms with E-state index in [4.69, 9.17) is 43.1 Å². The smallest absolute Gasteiger partial charge is 0.407 e. The maximum Gasteiger partial charge on any atom is 0.407 e. The van der Waals surface area contributed by atoms with Crippen molar-refractivity contribution < 1.29 is 52.3 Å². The molecule has 5 aromatic rings. The molecule has 19 heteroatoms. The number of aromatic nitrogens is 4. The van der Waals surface area contributed by atoms with Gasteiger partial charge in [-0.1, -0.05) is 18.2 Å². The van der Waals surface area contributed by atoms with Gasteiger partial charge < -0.3 is 63.6 Å². The second-order valence-corrected chi connectivity index (χ2v) is 17.2. The number of hydrogen-bond donors (Lipinski definition) is 4. The Bertz CT molecular complexity index is 2600. The minimum atomic E-state index is -0.978. The average molecular weight is 911 g/mol. The predicted molar refractivity (Wildman–Crippen MR) is 241 cm³/mol. The number of alkyl carbamates (subject to hydrolysis) is 2. The van der Waals surface area contributed by atoms with E-state index in [-0.39, 0.29) is 23.7 Å². The number of imidazole rings is 2. The Morgan fingerprint density at radius 2 is 1.36 bits per heavy atom. The molecule has 0 saturated carbocycles. The van der Waals surface area contributed by atoms with Gasteiger partial charge in [0.1, 0.15) is 36.1 Å². The summed E-state index contributed by atoms with van der Waals surface area (Å²) >= 11 is 0. The molecule has 0 radical (unpaired) electrons. The van der Waals surface area contributed by atoms with Crippen LogP contribution >= 0.6 is 0 Å². The monoisotopic (exact) mass is 910 g/mol. The summed E-state index contributed by atoms with van der Waals surface area (Å²) in [5.74, 6) is 1.48. The number of likely N-dealkylation sites (tertiary alicyclic amines) is 2.